The van der Waals surface area contributed by atoms with Crippen molar-refractivity contribution in [3.63, 3.8) is 0 Å². The van der Waals surface area contributed by atoms with Gasteiger partial charge in [-0.15, -0.1) is 11.3 Å². The van der Waals surface area contributed by atoms with Gasteiger partial charge in [0.1, 0.15) is 10.6 Å². The number of nitrogens with one attached hydrogen (secondary N) is 1. The Kier molecular flexibility index (Phi) is 4.89. The first-order valence-electron chi connectivity index (χ1n) is 8.90. The molecule has 0 spiro atoms. The lowest BCUT2D eigenvalue weighted by atomic mass is 10.2. The highest BCUT2D eigenvalue weighted by atomic mass is 32.1. The molecule has 0 saturated carbocycles. The zero-order valence-electron chi connectivity index (χ0n) is 16.2. The third kappa shape index (κ3) is 3.52. The molecule has 3 heterocycles. The fourth-order valence-corrected chi connectivity index (χ4v) is 4.07. The van der Waals surface area contributed by atoms with Crippen LogP contribution in [0.2, 0.25) is 0 Å². The van der Waals surface area contributed by atoms with Crippen molar-refractivity contribution in [2.24, 2.45) is 7.05 Å². The van der Waals surface area contributed by atoms with Gasteiger partial charge in [0.2, 0.25) is 0 Å². The maximum atomic E-state index is 12.7. The topological polar surface area (TPSA) is 91.0 Å². The fourth-order valence-electron chi connectivity index (χ4n) is 3.01. The molecule has 0 atom stereocenters. The van der Waals surface area contributed by atoms with Crippen LogP contribution in [0, 0.1) is 6.92 Å². The molecule has 148 valence electrons. The van der Waals surface area contributed by atoms with E-state index in [0.29, 0.717) is 20.7 Å². The Hall–Kier alpha value is -3.46. The maximum Gasteiger partial charge on any atom is 0.262 e. The first kappa shape index (κ1) is 18.9. The Morgan fingerprint density at radius 1 is 1.24 bits per heavy atom. The van der Waals surface area contributed by atoms with E-state index in [9.17, 15) is 9.59 Å². The van der Waals surface area contributed by atoms with Crippen molar-refractivity contribution >= 4 is 27.5 Å². The Bertz CT molecular complexity index is 1250. The van der Waals surface area contributed by atoms with Gasteiger partial charge in [-0.05, 0) is 42.8 Å². The van der Waals surface area contributed by atoms with Gasteiger partial charge in [0, 0.05) is 13.2 Å². The number of methoxy groups -OCH3 is 1. The first-order valence-corrected chi connectivity index (χ1v) is 9.71. The van der Waals surface area contributed by atoms with Gasteiger partial charge in [-0.25, -0.2) is 9.67 Å². The van der Waals surface area contributed by atoms with E-state index >= 15 is 0 Å². The second-order valence-corrected chi connectivity index (χ2v) is 7.53. The highest BCUT2D eigenvalue weighted by Gasteiger charge is 2.19. The summed E-state index contributed by atoms with van der Waals surface area (Å²) in [5, 5.41) is 7.86. The molecular formula is C20H19N5O3S. The highest BCUT2D eigenvalue weighted by molar-refractivity contribution is 7.20. The van der Waals surface area contributed by atoms with E-state index in [-0.39, 0.29) is 18.0 Å². The third-order valence-corrected chi connectivity index (χ3v) is 5.83. The predicted molar refractivity (Wildman–Crippen MR) is 111 cm³/mol. The average Bonchev–Trinajstić information content (AvgIpc) is 3.34. The van der Waals surface area contributed by atoms with Crippen LogP contribution in [0.25, 0.3) is 15.9 Å². The van der Waals surface area contributed by atoms with Crippen molar-refractivity contribution in [1.82, 2.24) is 24.6 Å². The highest BCUT2D eigenvalue weighted by Crippen LogP contribution is 2.26. The Labute approximate surface area is 170 Å². The Morgan fingerprint density at radius 3 is 2.72 bits per heavy atom. The molecule has 1 aromatic carbocycles. The molecule has 1 N–H and O–H groups in total. The molecule has 8 nitrogen and oxygen atoms in total. The second kappa shape index (κ2) is 7.51. The molecule has 0 saturated heterocycles. The predicted octanol–water partition coefficient (Wildman–Crippen LogP) is 2.43. The van der Waals surface area contributed by atoms with Gasteiger partial charge >= 0.3 is 0 Å². The molecule has 0 fully saturated rings. The second-order valence-electron chi connectivity index (χ2n) is 6.53. The summed E-state index contributed by atoms with van der Waals surface area (Å²) < 4.78 is 8.31. The van der Waals surface area contributed by atoms with Gasteiger partial charge in [0.25, 0.3) is 11.5 Å². The molecule has 0 aliphatic heterocycles. The molecule has 4 rings (SSSR count). The van der Waals surface area contributed by atoms with Crippen molar-refractivity contribution in [1.29, 1.82) is 0 Å². The van der Waals surface area contributed by atoms with Crippen LogP contribution in [0.3, 0.4) is 0 Å². The summed E-state index contributed by atoms with van der Waals surface area (Å²) in [5.41, 5.74) is 2.12. The number of fused-ring (bicyclic) bond motifs is 1. The summed E-state index contributed by atoms with van der Waals surface area (Å²) in [6.07, 6.45) is 3.30. The number of carbonyl (C=O) groups excluding carboxylic acids is 1. The number of rotatable bonds is 5. The molecule has 0 bridgehead atoms. The van der Waals surface area contributed by atoms with Gasteiger partial charge in [-0.3, -0.25) is 9.59 Å². The van der Waals surface area contributed by atoms with E-state index in [1.165, 1.54) is 22.2 Å². The zero-order valence-corrected chi connectivity index (χ0v) is 17.0. The SMILES string of the molecule is COc1ccc(-n2ccc(CNC(=O)c3sc4ncn(C)c(=O)c4c3C)n2)cc1. The molecule has 1 amide bonds. The summed E-state index contributed by atoms with van der Waals surface area (Å²) in [7, 11) is 3.26. The largest absolute Gasteiger partial charge is 0.497 e. The van der Waals surface area contributed by atoms with Crippen LogP contribution in [0.1, 0.15) is 20.9 Å². The quantitative estimate of drug-likeness (QED) is 0.547. The van der Waals surface area contributed by atoms with E-state index in [1.807, 2.05) is 36.5 Å². The molecule has 0 aliphatic carbocycles. The van der Waals surface area contributed by atoms with Gasteiger partial charge < -0.3 is 14.6 Å². The van der Waals surface area contributed by atoms with E-state index in [4.69, 9.17) is 4.74 Å². The van der Waals surface area contributed by atoms with Gasteiger partial charge in [-0.2, -0.15) is 5.10 Å². The number of ether oxygens (including phenoxy) is 1. The molecule has 0 aliphatic rings. The number of hydrogen-bond donors (Lipinski definition) is 1. The zero-order chi connectivity index (χ0) is 20.5. The van der Waals surface area contributed by atoms with Crippen LogP contribution in [-0.2, 0) is 13.6 Å². The molecular weight excluding hydrogens is 390 g/mol. The lowest BCUT2D eigenvalue weighted by Crippen LogP contribution is -2.23. The molecule has 0 unspecified atom stereocenters. The monoisotopic (exact) mass is 409 g/mol. The summed E-state index contributed by atoms with van der Waals surface area (Å²) in [4.78, 5) is 30.3. The molecule has 9 heteroatoms. The van der Waals surface area contributed by atoms with Crippen LogP contribution in [0.15, 0.2) is 47.7 Å². The van der Waals surface area contributed by atoms with Crippen LogP contribution < -0.4 is 15.6 Å². The van der Waals surface area contributed by atoms with E-state index in [2.05, 4.69) is 15.4 Å². The van der Waals surface area contributed by atoms with Gasteiger partial charge in [0.15, 0.2) is 0 Å². The number of carbonyl (C=O) groups is 1. The van der Waals surface area contributed by atoms with Crippen LogP contribution in [0.5, 0.6) is 5.75 Å². The summed E-state index contributed by atoms with van der Waals surface area (Å²) in [6.45, 7) is 2.05. The van der Waals surface area contributed by atoms with Crippen molar-refractivity contribution in [3.8, 4) is 11.4 Å². The normalized spacial score (nSPS) is 11.0. The van der Waals surface area contributed by atoms with Crippen molar-refractivity contribution < 1.29 is 9.53 Å². The fraction of sp³-hybridized carbons (Fsp3) is 0.200. The van der Waals surface area contributed by atoms with Crippen LogP contribution in [-0.4, -0.2) is 32.3 Å². The number of nitrogens with zero attached hydrogens (tertiary/aromatic N) is 4. The van der Waals surface area contributed by atoms with Crippen LogP contribution >= 0.6 is 11.3 Å². The first-order chi connectivity index (χ1) is 14.0. The van der Waals surface area contributed by atoms with E-state index in [1.54, 1.807) is 25.8 Å². The lowest BCUT2D eigenvalue weighted by molar-refractivity contribution is 0.0954. The van der Waals surface area contributed by atoms with Crippen molar-refractivity contribution in [2.45, 2.75) is 13.5 Å². The van der Waals surface area contributed by atoms with Crippen molar-refractivity contribution in [2.75, 3.05) is 7.11 Å². The Balaban J connectivity index is 1.50. The minimum absolute atomic E-state index is 0.152. The van der Waals surface area contributed by atoms with Gasteiger partial charge in [0.05, 0.1) is 41.6 Å². The number of aryl methyl sites for hydroxylation is 2. The standard InChI is InChI=1S/C20H19N5O3S/c1-12-16-19(22-11-24(2)20(16)27)29-17(12)18(26)21-10-13-8-9-25(23-13)14-4-6-15(28-3)7-5-14/h4-9,11H,10H2,1-3H3,(H,21,26). The number of aromatic nitrogens is 4. The number of benzene rings is 1. The summed E-state index contributed by atoms with van der Waals surface area (Å²) in [6, 6.07) is 9.38. The van der Waals surface area contributed by atoms with E-state index in [0.717, 1.165) is 17.1 Å². The molecule has 29 heavy (non-hydrogen) atoms. The van der Waals surface area contributed by atoms with Gasteiger partial charge in [-0.1, -0.05) is 0 Å². The smallest absolute Gasteiger partial charge is 0.262 e. The minimum Gasteiger partial charge on any atom is -0.497 e. The number of hydrogen-bond acceptors (Lipinski definition) is 6. The lowest BCUT2D eigenvalue weighted by Gasteiger charge is -2.04. The minimum atomic E-state index is -0.244. The Morgan fingerprint density at radius 2 is 2.00 bits per heavy atom. The van der Waals surface area contributed by atoms with Crippen LogP contribution in [0.4, 0.5) is 0 Å². The number of thiophene rings is 1. The summed E-state index contributed by atoms with van der Waals surface area (Å²) >= 11 is 1.22. The maximum absolute atomic E-state index is 12.7. The molecule has 3 aromatic heterocycles. The van der Waals surface area contributed by atoms with Crippen molar-refractivity contribution in [3.05, 3.63) is 69.3 Å². The summed E-state index contributed by atoms with van der Waals surface area (Å²) in [5.74, 6) is 0.531. The molecule has 4 aromatic rings. The third-order valence-electron chi connectivity index (χ3n) is 4.63. The molecule has 0 radical (unpaired) electrons. The average molecular weight is 409 g/mol. The van der Waals surface area contributed by atoms with E-state index < -0.39 is 0 Å². The number of amides is 1.